The molecule has 29 heavy (non-hydrogen) atoms. The molecule has 1 aliphatic rings. The number of urea groups is 1. The molecule has 0 spiro atoms. The van der Waals surface area contributed by atoms with Crippen LogP contribution in [-0.2, 0) is 23.1 Å². The first-order valence-electron chi connectivity index (χ1n) is 9.67. The predicted octanol–water partition coefficient (Wildman–Crippen LogP) is 1.96. The molecule has 0 radical (unpaired) electrons. The molecule has 0 bridgehead atoms. The molecule has 2 aromatic carbocycles. The van der Waals surface area contributed by atoms with E-state index in [1.807, 2.05) is 18.2 Å². The van der Waals surface area contributed by atoms with E-state index in [0.29, 0.717) is 18.7 Å². The van der Waals surface area contributed by atoms with Crippen LogP contribution in [-0.4, -0.2) is 68.8 Å². The van der Waals surface area contributed by atoms with Crippen LogP contribution in [0.5, 0.6) is 0 Å². The summed E-state index contributed by atoms with van der Waals surface area (Å²) < 4.78 is 26.1. The van der Waals surface area contributed by atoms with Gasteiger partial charge < -0.3 is 10.2 Å². The Hall–Kier alpha value is -2.42. The van der Waals surface area contributed by atoms with Crippen LogP contribution in [0, 0.1) is 0 Å². The second-order valence-corrected chi connectivity index (χ2v) is 9.42. The summed E-state index contributed by atoms with van der Waals surface area (Å²) in [6.07, 6.45) is 0. The van der Waals surface area contributed by atoms with E-state index in [1.54, 1.807) is 29.2 Å². The van der Waals surface area contributed by atoms with Gasteiger partial charge in [0.15, 0.2) is 0 Å². The van der Waals surface area contributed by atoms with Crippen LogP contribution in [0.1, 0.15) is 11.1 Å². The van der Waals surface area contributed by atoms with Gasteiger partial charge in [0, 0.05) is 53.4 Å². The maximum atomic E-state index is 12.6. The molecule has 1 heterocycles. The van der Waals surface area contributed by atoms with Crippen molar-refractivity contribution in [1.29, 1.82) is 0 Å². The van der Waals surface area contributed by atoms with E-state index < -0.39 is 10.0 Å². The lowest BCUT2D eigenvalue weighted by Gasteiger charge is -2.34. The summed E-state index contributed by atoms with van der Waals surface area (Å²) in [6, 6.07) is 16.9. The van der Waals surface area contributed by atoms with Crippen LogP contribution >= 0.6 is 0 Å². The lowest BCUT2D eigenvalue weighted by Crippen LogP contribution is -2.51. The Bertz CT molecular complexity index is 924. The third-order valence-corrected chi connectivity index (χ3v) is 6.99. The van der Waals surface area contributed by atoms with Crippen molar-refractivity contribution in [3.63, 3.8) is 0 Å². The third-order valence-electron chi connectivity index (χ3n) is 5.07. The fourth-order valence-electron chi connectivity index (χ4n) is 3.33. The smallest absolute Gasteiger partial charge is 0.317 e. The largest absolute Gasteiger partial charge is 0.334 e. The second-order valence-electron chi connectivity index (χ2n) is 7.30. The molecule has 0 aliphatic carbocycles. The first-order valence-corrected chi connectivity index (χ1v) is 11.1. The molecule has 2 aromatic rings. The van der Waals surface area contributed by atoms with Crippen LogP contribution in [0.25, 0.3) is 0 Å². The average Bonchev–Trinajstić information content (AvgIpc) is 2.73. The normalized spacial score (nSPS) is 15.5. The summed E-state index contributed by atoms with van der Waals surface area (Å²) in [5, 5.41) is 2.87. The van der Waals surface area contributed by atoms with Gasteiger partial charge in [0.05, 0.1) is 4.90 Å². The zero-order valence-corrected chi connectivity index (χ0v) is 17.7. The first kappa shape index (κ1) is 21.3. The van der Waals surface area contributed by atoms with Crippen LogP contribution < -0.4 is 5.32 Å². The van der Waals surface area contributed by atoms with Crippen LogP contribution in [0.15, 0.2) is 59.5 Å². The number of rotatable bonds is 6. The number of hydrogen-bond acceptors (Lipinski definition) is 4. The van der Waals surface area contributed by atoms with Crippen molar-refractivity contribution in [1.82, 2.24) is 19.4 Å². The third kappa shape index (κ3) is 5.35. The molecular weight excluding hydrogens is 388 g/mol. The molecule has 1 saturated heterocycles. The van der Waals surface area contributed by atoms with E-state index in [0.717, 1.165) is 19.6 Å². The summed E-state index contributed by atoms with van der Waals surface area (Å²) in [6.45, 7) is 3.98. The van der Waals surface area contributed by atoms with Gasteiger partial charge in [-0.3, -0.25) is 4.90 Å². The molecule has 156 valence electrons. The summed E-state index contributed by atoms with van der Waals surface area (Å²) in [5.41, 5.74) is 1.85. The van der Waals surface area contributed by atoms with E-state index in [-0.39, 0.29) is 17.5 Å². The Labute approximate surface area is 173 Å². The highest BCUT2D eigenvalue weighted by Gasteiger charge is 2.23. The van der Waals surface area contributed by atoms with Crippen molar-refractivity contribution in [3.8, 4) is 0 Å². The SMILES string of the molecule is CN(C)S(=O)(=O)c1ccccc1CNC(=O)N1CCN(Cc2ccccc2)CC1. The zero-order chi connectivity index (χ0) is 20.9. The monoisotopic (exact) mass is 416 g/mol. The van der Waals surface area contributed by atoms with E-state index in [4.69, 9.17) is 0 Å². The maximum Gasteiger partial charge on any atom is 0.317 e. The maximum absolute atomic E-state index is 12.6. The Morgan fingerprint density at radius 3 is 2.24 bits per heavy atom. The minimum Gasteiger partial charge on any atom is -0.334 e. The topological polar surface area (TPSA) is 73.0 Å². The lowest BCUT2D eigenvalue weighted by molar-refractivity contribution is 0.135. The van der Waals surface area contributed by atoms with Gasteiger partial charge >= 0.3 is 6.03 Å². The lowest BCUT2D eigenvalue weighted by atomic mass is 10.2. The van der Waals surface area contributed by atoms with E-state index in [9.17, 15) is 13.2 Å². The molecule has 1 N–H and O–H groups in total. The predicted molar refractivity (Wildman–Crippen MR) is 113 cm³/mol. The van der Waals surface area contributed by atoms with Gasteiger partial charge in [0.25, 0.3) is 0 Å². The van der Waals surface area contributed by atoms with Crippen LogP contribution in [0.2, 0.25) is 0 Å². The zero-order valence-electron chi connectivity index (χ0n) is 16.9. The summed E-state index contributed by atoms with van der Waals surface area (Å²) in [7, 11) is -0.556. The van der Waals surface area contributed by atoms with Crippen LogP contribution in [0.3, 0.4) is 0 Å². The van der Waals surface area contributed by atoms with Crippen molar-refractivity contribution in [2.24, 2.45) is 0 Å². The van der Waals surface area contributed by atoms with E-state index in [1.165, 1.54) is 24.0 Å². The van der Waals surface area contributed by atoms with Gasteiger partial charge in [-0.1, -0.05) is 48.5 Å². The number of benzene rings is 2. The number of amides is 2. The van der Waals surface area contributed by atoms with Gasteiger partial charge in [0.2, 0.25) is 10.0 Å². The van der Waals surface area contributed by atoms with Crippen molar-refractivity contribution >= 4 is 16.1 Å². The highest BCUT2D eigenvalue weighted by atomic mass is 32.2. The highest BCUT2D eigenvalue weighted by Crippen LogP contribution is 2.18. The van der Waals surface area contributed by atoms with Gasteiger partial charge in [0.1, 0.15) is 0 Å². The Balaban J connectivity index is 1.54. The van der Waals surface area contributed by atoms with Gasteiger partial charge in [-0.25, -0.2) is 17.5 Å². The highest BCUT2D eigenvalue weighted by molar-refractivity contribution is 7.89. The minimum atomic E-state index is -3.56. The Morgan fingerprint density at radius 1 is 0.966 bits per heavy atom. The van der Waals surface area contributed by atoms with Crippen molar-refractivity contribution in [2.45, 2.75) is 18.0 Å². The molecule has 0 aromatic heterocycles. The second kappa shape index (κ2) is 9.39. The number of carbonyl (C=O) groups is 1. The van der Waals surface area contributed by atoms with E-state index >= 15 is 0 Å². The number of sulfonamides is 1. The minimum absolute atomic E-state index is 0.165. The molecule has 3 rings (SSSR count). The molecule has 0 unspecified atom stereocenters. The molecule has 1 fully saturated rings. The Kier molecular flexibility index (Phi) is 6.89. The number of hydrogen-bond donors (Lipinski definition) is 1. The molecule has 0 atom stereocenters. The number of nitrogens with one attached hydrogen (secondary N) is 1. The van der Waals surface area contributed by atoms with Gasteiger partial charge in [-0.2, -0.15) is 0 Å². The Morgan fingerprint density at radius 2 is 1.59 bits per heavy atom. The fourth-order valence-corrected chi connectivity index (χ4v) is 4.45. The van der Waals surface area contributed by atoms with Crippen molar-refractivity contribution in [3.05, 3.63) is 65.7 Å². The number of piperazine rings is 1. The van der Waals surface area contributed by atoms with Gasteiger partial charge in [-0.05, 0) is 17.2 Å². The summed E-state index contributed by atoms with van der Waals surface area (Å²) >= 11 is 0. The quantitative estimate of drug-likeness (QED) is 0.781. The van der Waals surface area contributed by atoms with Crippen molar-refractivity contribution < 1.29 is 13.2 Å². The summed E-state index contributed by atoms with van der Waals surface area (Å²) in [4.78, 5) is 16.9. The average molecular weight is 417 g/mol. The van der Waals surface area contributed by atoms with Crippen molar-refractivity contribution in [2.75, 3.05) is 40.3 Å². The molecule has 1 aliphatic heterocycles. The number of nitrogens with zero attached hydrogens (tertiary/aromatic N) is 3. The molecular formula is C21H28N4O3S. The van der Waals surface area contributed by atoms with E-state index in [2.05, 4.69) is 22.3 Å². The standard InChI is InChI=1S/C21H28N4O3S/c1-23(2)29(27,28)20-11-7-6-10-19(20)16-22-21(26)25-14-12-24(13-15-25)17-18-8-4-3-5-9-18/h3-11H,12-17H2,1-2H3,(H,22,26). The molecule has 0 saturated carbocycles. The van der Waals surface area contributed by atoms with Gasteiger partial charge in [-0.15, -0.1) is 0 Å². The number of carbonyl (C=O) groups excluding carboxylic acids is 1. The fraction of sp³-hybridized carbons (Fsp3) is 0.381. The first-order chi connectivity index (χ1) is 13.9. The van der Waals surface area contributed by atoms with Crippen LogP contribution in [0.4, 0.5) is 4.79 Å². The molecule has 7 nitrogen and oxygen atoms in total. The molecule has 8 heteroatoms. The molecule has 2 amide bonds. The summed E-state index contributed by atoms with van der Waals surface area (Å²) in [5.74, 6) is 0.